The highest BCUT2D eigenvalue weighted by atomic mass is 79.9. The fourth-order valence-corrected chi connectivity index (χ4v) is 2.95. The molecule has 2 aromatic carbocycles. The highest BCUT2D eigenvalue weighted by Gasteiger charge is 2.31. The third kappa shape index (κ3) is 6.47. The Morgan fingerprint density at radius 3 is 2.33 bits per heavy atom. The highest BCUT2D eigenvalue weighted by Crippen LogP contribution is 2.31. The second-order valence-corrected chi connectivity index (χ2v) is 7.15. The molecule has 0 aliphatic carbocycles. The van der Waals surface area contributed by atoms with Crippen molar-refractivity contribution in [1.29, 1.82) is 0 Å². The van der Waals surface area contributed by atoms with Crippen LogP contribution in [0.3, 0.4) is 0 Å². The molecule has 3 aromatic rings. The van der Waals surface area contributed by atoms with Crippen LogP contribution in [0.25, 0.3) is 0 Å². The van der Waals surface area contributed by atoms with Gasteiger partial charge < -0.3 is 15.4 Å². The molecule has 0 atom stereocenters. The summed E-state index contributed by atoms with van der Waals surface area (Å²) in [5, 5.41) is 8.36. The Balaban J connectivity index is 1.67. The van der Waals surface area contributed by atoms with Crippen molar-refractivity contribution < 1.29 is 40.7 Å². The van der Waals surface area contributed by atoms with Gasteiger partial charge in [-0.2, -0.15) is 23.0 Å². The van der Waals surface area contributed by atoms with Gasteiger partial charge in [0.2, 0.25) is 0 Å². The van der Waals surface area contributed by atoms with Crippen molar-refractivity contribution in [3.05, 3.63) is 70.5 Å². The lowest BCUT2D eigenvalue weighted by Gasteiger charge is -2.11. The first-order valence-electron chi connectivity index (χ1n) is 8.73. The molecular formula is C19H11BrF6N4O3. The maximum Gasteiger partial charge on any atom is 0.573 e. The van der Waals surface area contributed by atoms with E-state index in [1.165, 1.54) is 6.07 Å². The molecule has 3 rings (SSSR count). The normalized spacial score (nSPS) is 11.7. The third-order valence-electron chi connectivity index (χ3n) is 3.89. The zero-order valence-corrected chi connectivity index (χ0v) is 17.5. The van der Waals surface area contributed by atoms with Crippen molar-refractivity contribution in [2.75, 3.05) is 10.6 Å². The van der Waals surface area contributed by atoms with Crippen molar-refractivity contribution in [3.63, 3.8) is 0 Å². The van der Waals surface area contributed by atoms with Gasteiger partial charge in [0.1, 0.15) is 5.75 Å². The molecule has 0 saturated heterocycles. The van der Waals surface area contributed by atoms with Gasteiger partial charge in [-0.15, -0.1) is 13.2 Å². The van der Waals surface area contributed by atoms with E-state index < -0.39 is 35.8 Å². The second-order valence-electron chi connectivity index (χ2n) is 6.30. The van der Waals surface area contributed by atoms with Crippen LogP contribution >= 0.6 is 15.9 Å². The van der Waals surface area contributed by atoms with Gasteiger partial charge in [0.15, 0.2) is 5.69 Å². The van der Waals surface area contributed by atoms with E-state index in [4.69, 9.17) is 0 Å². The lowest BCUT2D eigenvalue weighted by Crippen LogP contribution is -2.21. The number of ether oxygens (including phenoxy) is 1. The Labute approximate surface area is 189 Å². The van der Waals surface area contributed by atoms with E-state index in [2.05, 4.69) is 36.4 Å². The SMILES string of the molecule is O=C(Nc1ccc(OC(F)(F)F)cc1Br)c1ccn(C(=O)Nc2cccc(C(F)(F)F)c2)n1. The van der Waals surface area contributed by atoms with Gasteiger partial charge in [0, 0.05) is 16.4 Å². The maximum atomic E-state index is 12.8. The van der Waals surface area contributed by atoms with Crippen molar-refractivity contribution in [2.24, 2.45) is 0 Å². The van der Waals surface area contributed by atoms with Gasteiger partial charge in [-0.1, -0.05) is 6.07 Å². The molecule has 0 unspecified atom stereocenters. The standard InChI is InChI=1S/C19H11BrF6N4O3/c20-13-9-12(33-19(24,25)26)4-5-14(13)28-16(31)15-6-7-30(29-15)17(32)27-11-3-1-2-10(8-11)18(21,22)23/h1-9H,(H,27,32)(H,28,31). The lowest BCUT2D eigenvalue weighted by molar-refractivity contribution is -0.274. The van der Waals surface area contributed by atoms with E-state index in [1.807, 2.05) is 0 Å². The Bertz CT molecular complexity index is 1190. The van der Waals surface area contributed by atoms with Crippen LogP contribution in [0.1, 0.15) is 16.1 Å². The Kier molecular flexibility index (Phi) is 6.67. The number of hydrogen-bond donors (Lipinski definition) is 2. The van der Waals surface area contributed by atoms with E-state index in [0.29, 0.717) is 4.68 Å². The number of nitrogens with one attached hydrogen (secondary N) is 2. The molecule has 7 nitrogen and oxygen atoms in total. The monoisotopic (exact) mass is 536 g/mol. The molecule has 174 valence electrons. The van der Waals surface area contributed by atoms with E-state index >= 15 is 0 Å². The molecular weight excluding hydrogens is 526 g/mol. The fourth-order valence-electron chi connectivity index (χ4n) is 2.49. The number of rotatable bonds is 4. The summed E-state index contributed by atoms with van der Waals surface area (Å²) in [7, 11) is 0. The predicted molar refractivity (Wildman–Crippen MR) is 107 cm³/mol. The molecule has 0 spiro atoms. The first-order valence-corrected chi connectivity index (χ1v) is 9.52. The largest absolute Gasteiger partial charge is 0.573 e. The van der Waals surface area contributed by atoms with Crippen LogP contribution in [0.2, 0.25) is 0 Å². The molecule has 1 heterocycles. The van der Waals surface area contributed by atoms with Crippen LogP contribution in [0, 0.1) is 0 Å². The van der Waals surface area contributed by atoms with Gasteiger partial charge in [-0.05, 0) is 58.4 Å². The summed E-state index contributed by atoms with van der Waals surface area (Å²) in [6.07, 6.45) is -8.37. The summed E-state index contributed by atoms with van der Waals surface area (Å²) >= 11 is 3.01. The number of aromatic nitrogens is 2. The number of nitrogens with zero attached hydrogens (tertiary/aromatic N) is 2. The number of amides is 2. The molecule has 1 aromatic heterocycles. The summed E-state index contributed by atoms with van der Waals surface area (Å²) in [5.41, 5.74) is -1.24. The van der Waals surface area contributed by atoms with E-state index in [-0.39, 0.29) is 21.5 Å². The van der Waals surface area contributed by atoms with E-state index in [1.54, 1.807) is 0 Å². The smallest absolute Gasteiger partial charge is 0.406 e. The number of carbonyl (C=O) groups excluding carboxylic acids is 2. The van der Waals surface area contributed by atoms with Crippen LogP contribution in [-0.4, -0.2) is 28.1 Å². The minimum Gasteiger partial charge on any atom is -0.406 e. The molecule has 0 radical (unpaired) electrons. The van der Waals surface area contributed by atoms with Crippen molar-refractivity contribution in [1.82, 2.24) is 9.78 Å². The van der Waals surface area contributed by atoms with Crippen LogP contribution < -0.4 is 15.4 Å². The number of carbonyl (C=O) groups is 2. The summed E-state index contributed by atoms with van der Waals surface area (Å²) < 4.78 is 79.8. The van der Waals surface area contributed by atoms with Crippen LogP contribution in [0.15, 0.2) is 59.2 Å². The van der Waals surface area contributed by atoms with E-state index in [0.717, 1.165) is 48.7 Å². The first-order chi connectivity index (χ1) is 15.3. The third-order valence-corrected chi connectivity index (χ3v) is 4.55. The molecule has 0 fully saturated rings. The van der Waals surface area contributed by atoms with E-state index in [9.17, 15) is 35.9 Å². The number of alkyl halides is 6. The quantitative estimate of drug-likeness (QED) is 0.407. The second kappa shape index (κ2) is 9.13. The average Bonchev–Trinajstić information content (AvgIpc) is 3.19. The number of anilines is 2. The molecule has 0 saturated carbocycles. The Morgan fingerprint density at radius 2 is 1.70 bits per heavy atom. The van der Waals surface area contributed by atoms with Crippen LogP contribution in [0.5, 0.6) is 5.75 Å². The van der Waals surface area contributed by atoms with Crippen molar-refractivity contribution >= 4 is 39.2 Å². The van der Waals surface area contributed by atoms with Gasteiger partial charge >= 0.3 is 18.6 Å². The topological polar surface area (TPSA) is 85.2 Å². The summed E-state index contributed by atoms with van der Waals surface area (Å²) in [4.78, 5) is 24.6. The Hall–Kier alpha value is -3.55. The lowest BCUT2D eigenvalue weighted by atomic mass is 10.2. The summed E-state index contributed by atoms with van der Waals surface area (Å²) in [5.74, 6) is -1.31. The molecule has 14 heteroatoms. The molecule has 0 aliphatic heterocycles. The van der Waals surface area contributed by atoms with Crippen molar-refractivity contribution in [2.45, 2.75) is 12.5 Å². The van der Waals surface area contributed by atoms with Gasteiger partial charge in [0.25, 0.3) is 5.91 Å². The molecule has 2 amide bonds. The van der Waals surface area contributed by atoms with Crippen LogP contribution in [-0.2, 0) is 6.18 Å². The fraction of sp³-hybridized carbons (Fsp3) is 0.105. The average molecular weight is 537 g/mol. The zero-order chi connectivity index (χ0) is 24.4. The van der Waals surface area contributed by atoms with Crippen molar-refractivity contribution in [3.8, 4) is 5.75 Å². The molecule has 0 bridgehead atoms. The Morgan fingerprint density at radius 1 is 0.970 bits per heavy atom. The van der Waals surface area contributed by atoms with Gasteiger partial charge in [0.05, 0.1) is 11.3 Å². The summed E-state index contributed by atoms with van der Waals surface area (Å²) in [6.45, 7) is 0. The number of benzene rings is 2. The highest BCUT2D eigenvalue weighted by molar-refractivity contribution is 9.10. The number of halogens is 7. The maximum absolute atomic E-state index is 12.8. The first kappa shape index (κ1) is 24.1. The molecule has 2 N–H and O–H groups in total. The predicted octanol–water partition coefficient (Wildman–Crippen LogP) is 5.90. The minimum absolute atomic E-state index is 0.0827. The zero-order valence-electron chi connectivity index (χ0n) is 16.0. The number of hydrogen-bond acceptors (Lipinski definition) is 4. The van der Waals surface area contributed by atoms with Crippen LogP contribution in [0.4, 0.5) is 42.5 Å². The molecule has 33 heavy (non-hydrogen) atoms. The van der Waals surface area contributed by atoms with Gasteiger partial charge in [-0.3, -0.25) is 4.79 Å². The molecule has 0 aliphatic rings. The minimum atomic E-state index is -4.88. The van der Waals surface area contributed by atoms with Gasteiger partial charge in [-0.25, -0.2) is 4.79 Å². The summed E-state index contributed by atoms with van der Waals surface area (Å²) in [6, 6.07) is 7.29.